The topological polar surface area (TPSA) is 0 Å². The van der Waals surface area contributed by atoms with Gasteiger partial charge in [0.15, 0.2) is 0 Å². The van der Waals surface area contributed by atoms with Crippen molar-refractivity contribution in [2.24, 2.45) is 0 Å². The molecule has 0 aliphatic carbocycles. The normalized spacial score (nSPS) is 11.8. The molecule has 0 bridgehead atoms. The van der Waals surface area contributed by atoms with Crippen molar-refractivity contribution in [3.05, 3.63) is 72.3 Å². The number of halogens is 3. The first-order valence-corrected chi connectivity index (χ1v) is 7.18. The summed E-state index contributed by atoms with van der Waals surface area (Å²) < 4.78 is 37.5. The van der Waals surface area contributed by atoms with E-state index in [9.17, 15) is 13.2 Å². The molecule has 0 fully saturated rings. The Morgan fingerprint density at radius 3 is 1.95 bits per heavy atom. The second kappa shape index (κ2) is 5.45. The second-order valence-electron chi connectivity index (χ2n) is 4.63. The molecule has 3 rings (SSSR count). The summed E-state index contributed by atoms with van der Waals surface area (Å²) in [6, 6.07) is 19.3. The van der Waals surface area contributed by atoms with Crippen LogP contribution in [0.1, 0.15) is 5.56 Å². The second-order valence-corrected chi connectivity index (χ2v) is 5.78. The first kappa shape index (κ1) is 14.0. The molecule has 0 aliphatic heterocycles. The van der Waals surface area contributed by atoms with Crippen LogP contribution in [0.3, 0.4) is 0 Å². The van der Waals surface area contributed by atoms with Crippen molar-refractivity contribution in [1.29, 1.82) is 0 Å². The summed E-state index contributed by atoms with van der Waals surface area (Å²) in [5, 5.41) is 2.27. The van der Waals surface area contributed by atoms with E-state index in [1.807, 2.05) is 42.5 Å². The molecule has 106 valence electrons. The lowest BCUT2D eigenvalue weighted by Crippen LogP contribution is -2.03. The van der Waals surface area contributed by atoms with E-state index in [2.05, 4.69) is 0 Å². The van der Waals surface area contributed by atoms with Crippen molar-refractivity contribution in [3.8, 4) is 0 Å². The fourth-order valence-electron chi connectivity index (χ4n) is 2.08. The molecule has 0 aromatic heterocycles. The highest BCUT2D eigenvalue weighted by atomic mass is 32.2. The Hall–Kier alpha value is -1.94. The van der Waals surface area contributed by atoms with Crippen LogP contribution < -0.4 is 0 Å². The van der Waals surface area contributed by atoms with Gasteiger partial charge in [0.1, 0.15) is 0 Å². The van der Waals surface area contributed by atoms with E-state index in [0.717, 1.165) is 32.7 Å². The average Bonchev–Trinajstić information content (AvgIpc) is 2.47. The van der Waals surface area contributed by atoms with Gasteiger partial charge >= 0.3 is 6.18 Å². The molecule has 3 aromatic carbocycles. The largest absolute Gasteiger partial charge is 0.416 e. The molecule has 0 atom stereocenters. The standard InChI is InChI=1S/C17H11F3S/c18-17(19,20)14-6-9-15(10-7-14)21-16-8-5-12-3-1-2-4-13(12)11-16/h1-11H. The molecular formula is C17H11F3S. The molecule has 0 unspecified atom stereocenters. The lowest BCUT2D eigenvalue weighted by molar-refractivity contribution is -0.137. The van der Waals surface area contributed by atoms with Gasteiger partial charge in [0, 0.05) is 9.79 Å². The van der Waals surface area contributed by atoms with E-state index in [1.54, 1.807) is 0 Å². The maximum atomic E-state index is 12.5. The quantitative estimate of drug-likeness (QED) is 0.558. The number of rotatable bonds is 2. The highest BCUT2D eigenvalue weighted by Crippen LogP contribution is 2.33. The van der Waals surface area contributed by atoms with Crippen LogP contribution in [0.15, 0.2) is 76.5 Å². The summed E-state index contributed by atoms with van der Waals surface area (Å²) in [4.78, 5) is 1.80. The molecule has 0 saturated carbocycles. The van der Waals surface area contributed by atoms with E-state index in [1.165, 1.54) is 23.9 Å². The molecule has 3 aromatic rings. The van der Waals surface area contributed by atoms with E-state index >= 15 is 0 Å². The van der Waals surface area contributed by atoms with Gasteiger partial charge in [-0.25, -0.2) is 0 Å². The highest BCUT2D eigenvalue weighted by Gasteiger charge is 2.29. The van der Waals surface area contributed by atoms with Gasteiger partial charge in [-0.2, -0.15) is 13.2 Å². The van der Waals surface area contributed by atoms with Crippen molar-refractivity contribution < 1.29 is 13.2 Å². The van der Waals surface area contributed by atoms with Gasteiger partial charge in [-0.15, -0.1) is 0 Å². The Balaban J connectivity index is 1.84. The van der Waals surface area contributed by atoms with Gasteiger partial charge in [-0.1, -0.05) is 42.1 Å². The van der Waals surface area contributed by atoms with Crippen LogP contribution in [0.2, 0.25) is 0 Å². The lowest BCUT2D eigenvalue weighted by atomic mass is 10.1. The molecular weight excluding hydrogens is 293 g/mol. The number of hydrogen-bond donors (Lipinski definition) is 0. The number of benzene rings is 3. The minimum atomic E-state index is -4.29. The predicted molar refractivity (Wildman–Crippen MR) is 79.5 cm³/mol. The van der Waals surface area contributed by atoms with Gasteiger partial charge in [-0.05, 0) is 47.2 Å². The van der Waals surface area contributed by atoms with Crippen LogP contribution in [0.4, 0.5) is 13.2 Å². The lowest BCUT2D eigenvalue weighted by Gasteiger charge is -2.08. The zero-order valence-corrected chi connectivity index (χ0v) is 11.7. The fraction of sp³-hybridized carbons (Fsp3) is 0.0588. The van der Waals surface area contributed by atoms with Gasteiger partial charge < -0.3 is 0 Å². The third-order valence-corrected chi connectivity index (χ3v) is 4.14. The van der Waals surface area contributed by atoms with Gasteiger partial charge in [0.05, 0.1) is 5.56 Å². The summed E-state index contributed by atoms with van der Waals surface area (Å²) >= 11 is 1.45. The van der Waals surface area contributed by atoms with Crippen molar-refractivity contribution in [3.63, 3.8) is 0 Å². The molecule has 0 nitrogen and oxygen atoms in total. The molecule has 0 saturated heterocycles. The van der Waals surface area contributed by atoms with Gasteiger partial charge in [0.2, 0.25) is 0 Å². The summed E-state index contributed by atoms with van der Waals surface area (Å²) in [7, 11) is 0. The first-order valence-electron chi connectivity index (χ1n) is 6.36. The third-order valence-electron chi connectivity index (χ3n) is 3.14. The minimum Gasteiger partial charge on any atom is -0.166 e. The summed E-state index contributed by atoms with van der Waals surface area (Å²) in [6.07, 6.45) is -4.29. The van der Waals surface area contributed by atoms with Crippen molar-refractivity contribution in [2.45, 2.75) is 16.0 Å². The Morgan fingerprint density at radius 1 is 0.667 bits per heavy atom. The minimum absolute atomic E-state index is 0.620. The highest BCUT2D eigenvalue weighted by molar-refractivity contribution is 7.99. The Kier molecular flexibility index (Phi) is 3.64. The van der Waals surface area contributed by atoms with Crippen LogP contribution in [0, 0.1) is 0 Å². The van der Waals surface area contributed by atoms with Crippen molar-refractivity contribution in [2.75, 3.05) is 0 Å². The maximum Gasteiger partial charge on any atom is 0.416 e. The maximum absolute atomic E-state index is 12.5. The van der Waals surface area contributed by atoms with E-state index in [-0.39, 0.29) is 0 Å². The van der Waals surface area contributed by atoms with E-state index in [4.69, 9.17) is 0 Å². The summed E-state index contributed by atoms with van der Waals surface area (Å²) in [5.74, 6) is 0. The third kappa shape index (κ3) is 3.22. The zero-order chi connectivity index (χ0) is 14.9. The summed E-state index contributed by atoms with van der Waals surface area (Å²) in [5.41, 5.74) is -0.620. The molecule has 0 aliphatic rings. The number of fused-ring (bicyclic) bond motifs is 1. The fourth-order valence-corrected chi connectivity index (χ4v) is 2.95. The van der Waals surface area contributed by atoms with Crippen LogP contribution in [-0.2, 0) is 6.18 Å². The van der Waals surface area contributed by atoms with E-state index < -0.39 is 11.7 Å². The average molecular weight is 304 g/mol. The molecule has 0 amide bonds. The Labute approximate surface area is 124 Å². The predicted octanol–water partition coefficient (Wildman–Crippen LogP) is 6.01. The van der Waals surface area contributed by atoms with Crippen LogP contribution in [-0.4, -0.2) is 0 Å². The number of hydrogen-bond acceptors (Lipinski definition) is 1. The molecule has 21 heavy (non-hydrogen) atoms. The Bertz CT molecular complexity index is 761. The SMILES string of the molecule is FC(F)(F)c1ccc(Sc2ccc3ccccc3c2)cc1. The van der Waals surface area contributed by atoms with Gasteiger partial charge in [-0.3, -0.25) is 0 Å². The van der Waals surface area contributed by atoms with Crippen LogP contribution >= 0.6 is 11.8 Å². The molecule has 0 heterocycles. The van der Waals surface area contributed by atoms with Crippen molar-refractivity contribution in [1.82, 2.24) is 0 Å². The number of alkyl halides is 3. The Morgan fingerprint density at radius 2 is 1.29 bits per heavy atom. The smallest absolute Gasteiger partial charge is 0.166 e. The summed E-state index contributed by atoms with van der Waals surface area (Å²) in [6.45, 7) is 0. The molecule has 0 N–H and O–H groups in total. The van der Waals surface area contributed by atoms with E-state index in [0.29, 0.717) is 0 Å². The first-order chi connectivity index (χ1) is 10.0. The molecule has 0 spiro atoms. The molecule has 0 radical (unpaired) electrons. The molecule has 4 heteroatoms. The van der Waals surface area contributed by atoms with Crippen molar-refractivity contribution >= 4 is 22.5 Å². The zero-order valence-electron chi connectivity index (χ0n) is 10.9. The monoisotopic (exact) mass is 304 g/mol. The van der Waals surface area contributed by atoms with Crippen LogP contribution in [0.25, 0.3) is 10.8 Å². The van der Waals surface area contributed by atoms with Crippen LogP contribution in [0.5, 0.6) is 0 Å². The van der Waals surface area contributed by atoms with Gasteiger partial charge in [0.25, 0.3) is 0 Å².